The van der Waals surface area contributed by atoms with E-state index in [2.05, 4.69) is 21.9 Å². The number of carbonyl (C=O) groups excluding carboxylic acids is 2. The van der Waals surface area contributed by atoms with Gasteiger partial charge in [0.2, 0.25) is 5.91 Å². The first-order valence-corrected chi connectivity index (χ1v) is 10.1. The average molecular weight is 421 g/mol. The maximum Gasteiger partial charge on any atom is 0.253 e. The van der Waals surface area contributed by atoms with Gasteiger partial charge in [-0.3, -0.25) is 9.59 Å². The van der Waals surface area contributed by atoms with Gasteiger partial charge in [0, 0.05) is 47.4 Å². The molecule has 6 nitrogen and oxygen atoms in total. The van der Waals surface area contributed by atoms with Crippen molar-refractivity contribution in [1.29, 1.82) is 0 Å². The minimum atomic E-state index is -0.283. The zero-order chi connectivity index (χ0) is 21.1. The smallest absolute Gasteiger partial charge is 0.253 e. The summed E-state index contributed by atoms with van der Waals surface area (Å²) in [5.41, 5.74) is 2.07. The molecule has 1 aliphatic heterocycles. The fraction of sp³-hybridized carbons (Fsp3) is 0.217. The van der Waals surface area contributed by atoms with E-state index in [0.717, 1.165) is 29.6 Å². The Labute approximate surface area is 179 Å². The fourth-order valence-corrected chi connectivity index (χ4v) is 3.81. The van der Waals surface area contributed by atoms with Gasteiger partial charge in [-0.1, -0.05) is 18.2 Å². The predicted octanol–water partition coefficient (Wildman–Crippen LogP) is 4.11. The van der Waals surface area contributed by atoms with Crippen LogP contribution in [0.15, 0.2) is 61.3 Å². The lowest BCUT2D eigenvalue weighted by atomic mass is 10.0. The van der Waals surface area contributed by atoms with Crippen molar-refractivity contribution in [2.45, 2.75) is 12.8 Å². The van der Waals surface area contributed by atoms with Crippen LogP contribution in [-0.2, 0) is 11.2 Å². The van der Waals surface area contributed by atoms with Crippen LogP contribution in [0.2, 0.25) is 5.02 Å². The Morgan fingerprint density at radius 3 is 2.80 bits per heavy atom. The Balaban J connectivity index is 1.38. The molecule has 2 heterocycles. The Morgan fingerprint density at radius 1 is 1.23 bits per heavy atom. The molecule has 7 heteroatoms. The van der Waals surface area contributed by atoms with Crippen LogP contribution in [0.5, 0.6) is 0 Å². The monoisotopic (exact) mass is 420 g/mol. The number of nitrogens with one attached hydrogen (secondary N) is 1. The van der Waals surface area contributed by atoms with Gasteiger partial charge in [-0.25, -0.2) is 9.97 Å². The van der Waals surface area contributed by atoms with Crippen molar-refractivity contribution >= 4 is 40.0 Å². The van der Waals surface area contributed by atoms with E-state index in [1.807, 2.05) is 29.3 Å². The van der Waals surface area contributed by atoms with E-state index in [1.165, 1.54) is 6.08 Å². The summed E-state index contributed by atoms with van der Waals surface area (Å²) in [6.07, 6.45) is 4.66. The summed E-state index contributed by atoms with van der Waals surface area (Å²) in [6.45, 7) is 4.80. The second kappa shape index (κ2) is 8.63. The van der Waals surface area contributed by atoms with Crippen molar-refractivity contribution in [3.8, 4) is 0 Å². The third-order valence-electron chi connectivity index (χ3n) is 5.22. The molecular formula is C23H21ClN4O2. The Bertz CT molecular complexity index is 1110. The van der Waals surface area contributed by atoms with Crippen LogP contribution in [0.25, 0.3) is 10.9 Å². The molecule has 0 unspecified atom stereocenters. The van der Waals surface area contributed by atoms with E-state index in [1.54, 1.807) is 24.3 Å². The number of rotatable bonds is 5. The maximum atomic E-state index is 12.8. The summed E-state index contributed by atoms with van der Waals surface area (Å²) in [6, 6.07) is 12.5. The minimum absolute atomic E-state index is 0.00897. The first-order chi connectivity index (χ1) is 14.5. The third-order valence-corrected chi connectivity index (χ3v) is 5.46. The SMILES string of the molecule is C=CC(=O)Nc1ccc(C(=O)N2CC[C@@H](Cc3ncc4ccc(Cl)cc4n3)C2)cc1. The molecule has 2 amide bonds. The molecule has 0 saturated carbocycles. The lowest BCUT2D eigenvalue weighted by Crippen LogP contribution is -2.29. The molecule has 1 aliphatic rings. The van der Waals surface area contributed by atoms with Gasteiger partial charge in [0.1, 0.15) is 5.82 Å². The Morgan fingerprint density at radius 2 is 2.03 bits per heavy atom. The molecule has 1 aromatic heterocycles. The topological polar surface area (TPSA) is 75.2 Å². The average Bonchev–Trinajstić information content (AvgIpc) is 3.22. The van der Waals surface area contributed by atoms with Crippen molar-refractivity contribution in [2.24, 2.45) is 5.92 Å². The number of nitrogens with zero attached hydrogens (tertiary/aromatic N) is 3. The highest BCUT2D eigenvalue weighted by Gasteiger charge is 2.27. The molecule has 0 bridgehead atoms. The van der Waals surface area contributed by atoms with Crippen LogP contribution >= 0.6 is 11.6 Å². The van der Waals surface area contributed by atoms with Crippen LogP contribution in [-0.4, -0.2) is 39.8 Å². The standard InChI is InChI=1S/C23H21ClN4O2/c1-2-22(29)26-19-7-4-16(5-8-19)23(30)28-10-9-15(14-28)11-21-25-13-17-3-6-18(24)12-20(17)27-21/h2-8,12-13,15H,1,9-11,14H2,(H,26,29)/t15-/m0/s1. The maximum absolute atomic E-state index is 12.8. The van der Waals surface area contributed by atoms with Crippen LogP contribution < -0.4 is 5.32 Å². The van der Waals surface area contributed by atoms with E-state index in [-0.39, 0.29) is 11.8 Å². The van der Waals surface area contributed by atoms with Crippen LogP contribution in [0.3, 0.4) is 0 Å². The molecule has 0 radical (unpaired) electrons. The highest BCUT2D eigenvalue weighted by atomic mass is 35.5. The van der Waals surface area contributed by atoms with E-state index >= 15 is 0 Å². The van der Waals surface area contributed by atoms with Crippen molar-refractivity contribution in [3.05, 3.63) is 77.7 Å². The van der Waals surface area contributed by atoms with E-state index in [9.17, 15) is 9.59 Å². The molecule has 0 aliphatic carbocycles. The van der Waals surface area contributed by atoms with Crippen LogP contribution in [0.1, 0.15) is 22.6 Å². The molecule has 3 aromatic rings. The molecule has 1 atom stereocenters. The number of fused-ring (bicyclic) bond motifs is 1. The van der Waals surface area contributed by atoms with Crippen molar-refractivity contribution in [2.75, 3.05) is 18.4 Å². The number of halogens is 1. The quantitative estimate of drug-likeness (QED) is 0.630. The number of likely N-dealkylation sites (tertiary alicyclic amines) is 1. The fourth-order valence-electron chi connectivity index (χ4n) is 3.65. The van der Waals surface area contributed by atoms with Gasteiger partial charge in [0.05, 0.1) is 5.52 Å². The first kappa shape index (κ1) is 20.0. The lowest BCUT2D eigenvalue weighted by molar-refractivity contribution is -0.111. The summed E-state index contributed by atoms with van der Waals surface area (Å²) in [5.74, 6) is 0.795. The summed E-state index contributed by atoms with van der Waals surface area (Å²) < 4.78 is 0. The number of anilines is 1. The van der Waals surface area contributed by atoms with Gasteiger partial charge < -0.3 is 10.2 Å². The summed E-state index contributed by atoms with van der Waals surface area (Å²) >= 11 is 6.07. The molecule has 152 valence electrons. The van der Waals surface area contributed by atoms with Gasteiger partial charge >= 0.3 is 0 Å². The van der Waals surface area contributed by atoms with Gasteiger partial charge in [-0.15, -0.1) is 0 Å². The number of hydrogen-bond donors (Lipinski definition) is 1. The summed E-state index contributed by atoms with van der Waals surface area (Å²) in [4.78, 5) is 35.1. The van der Waals surface area contributed by atoms with Crippen LogP contribution in [0.4, 0.5) is 5.69 Å². The Hall–Kier alpha value is -3.25. The lowest BCUT2D eigenvalue weighted by Gasteiger charge is -2.17. The molecule has 0 spiro atoms. The largest absolute Gasteiger partial charge is 0.338 e. The zero-order valence-electron chi connectivity index (χ0n) is 16.3. The number of benzene rings is 2. The van der Waals surface area contributed by atoms with Gasteiger partial charge in [-0.05, 0) is 60.9 Å². The number of hydrogen-bond acceptors (Lipinski definition) is 4. The van der Waals surface area contributed by atoms with E-state index < -0.39 is 0 Å². The van der Waals surface area contributed by atoms with Crippen molar-refractivity contribution < 1.29 is 9.59 Å². The summed E-state index contributed by atoms with van der Waals surface area (Å²) in [7, 11) is 0. The van der Waals surface area contributed by atoms with Crippen molar-refractivity contribution in [1.82, 2.24) is 14.9 Å². The number of carbonyl (C=O) groups is 2. The summed E-state index contributed by atoms with van der Waals surface area (Å²) in [5, 5.41) is 4.28. The number of aromatic nitrogens is 2. The Kier molecular flexibility index (Phi) is 5.77. The van der Waals surface area contributed by atoms with Gasteiger partial charge in [0.15, 0.2) is 0 Å². The first-order valence-electron chi connectivity index (χ1n) is 9.76. The predicted molar refractivity (Wildman–Crippen MR) is 118 cm³/mol. The molecule has 30 heavy (non-hydrogen) atoms. The molecule has 4 rings (SSSR count). The molecule has 1 N–H and O–H groups in total. The van der Waals surface area contributed by atoms with Crippen LogP contribution in [0, 0.1) is 5.92 Å². The van der Waals surface area contributed by atoms with Gasteiger partial charge in [-0.2, -0.15) is 0 Å². The zero-order valence-corrected chi connectivity index (χ0v) is 17.1. The molecule has 2 aromatic carbocycles. The molecule has 1 fully saturated rings. The molecule has 1 saturated heterocycles. The third kappa shape index (κ3) is 4.49. The second-order valence-corrected chi connectivity index (χ2v) is 7.81. The van der Waals surface area contributed by atoms with Crippen molar-refractivity contribution in [3.63, 3.8) is 0 Å². The normalized spacial score (nSPS) is 15.9. The highest BCUT2D eigenvalue weighted by molar-refractivity contribution is 6.31. The van der Waals surface area contributed by atoms with E-state index in [0.29, 0.717) is 35.3 Å². The highest BCUT2D eigenvalue weighted by Crippen LogP contribution is 2.23. The minimum Gasteiger partial charge on any atom is -0.338 e. The molecular weight excluding hydrogens is 400 g/mol. The van der Waals surface area contributed by atoms with Gasteiger partial charge in [0.25, 0.3) is 5.91 Å². The number of amides is 2. The van der Waals surface area contributed by atoms with E-state index in [4.69, 9.17) is 11.6 Å². The second-order valence-electron chi connectivity index (χ2n) is 7.37.